The van der Waals surface area contributed by atoms with E-state index in [4.69, 9.17) is 9.47 Å². The van der Waals surface area contributed by atoms with Gasteiger partial charge in [0.2, 0.25) is 0 Å². The van der Waals surface area contributed by atoms with Crippen LogP contribution in [0.15, 0.2) is 48.5 Å². The van der Waals surface area contributed by atoms with Crippen LogP contribution in [0.1, 0.15) is 38.8 Å². The molecule has 114 valence electrons. The Bertz CT molecular complexity index is 618. The Hall–Kier alpha value is -2.40. The summed E-state index contributed by atoms with van der Waals surface area (Å²) < 4.78 is 11.4. The molecule has 0 unspecified atom stereocenters. The van der Waals surface area contributed by atoms with Gasteiger partial charge in [-0.05, 0) is 64.1 Å². The van der Waals surface area contributed by atoms with Crippen LogP contribution >= 0.6 is 0 Å². The van der Waals surface area contributed by atoms with E-state index in [2.05, 4.69) is 11.8 Å². The summed E-state index contributed by atoms with van der Waals surface area (Å²) in [7, 11) is 0. The van der Waals surface area contributed by atoms with Crippen LogP contribution in [-0.4, -0.2) is 12.2 Å². The van der Waals surface area contributed by atoms with Crippen molar-refractivity contribution in [2.24, 2.45) is 0 Å². The molecule has 2 heteroatoms. The zero-order chi connectivity index (χ0) is 15.9. The molecule has 2 aromatic rings. The fourth-order valence-electron chi connectivity index (χ4n) is 1.98. The average Bonchev–Trinajstić information content (AvgIpc) is 2.44. The van der Waals surface area contributed by atoms with Crippen LogP contribution in [0.2, 0.25) is 0 Å². The third-order valence-electron chi connectivity index (χ3n) is 2.76. The number of benzene rings is 2. The predicted molar refractivity (Wildman–Crippen MR) is 90.4 cm³/mol. The molecule has 22 heavy (non-hydrogen) atoms. The molecule has 0 heterocycles. The molecule has 0 fully saturated rings. The molecule has 2 nitrogen and oxygen atoms in total. The molecule has 0 spiro atoms. The molecule has 0 aliphatic rings. The highest BCUT2D eigenvalue weighted by molar-refractivity contribution is 5.47. The van der Waals surface area contributed by atoms with E-state index in [-0.39, 0.29) is 12.2 Å². The van der Waals surface area contributed by atoms with Crippen molar-refractivity contribution < 1.29 is 9.47 Å². The Morgan fingerprint density at radius 1 is 0.682 bits per heavy atom. The Morgan fingerprint density at radius 2 is 1.09 bits per heavy atom. The van der Waals surface area contributed by atoms with Gasteiger partial charge in [-0.3, -0.25) is 0 Å². The highest BCUT2D eigenvalue weighted by atomic mass is 16.5. The third-order valence-corrected chi connectivity index (χ3v) is 2.76. The van der Waals surface area contributed by atoms with E-state index in [1.54, 1.807) is 0 Å². The predicted octanol–water partition coefficient (Wildman–Crippen LogP) is 4.66. The minimum absolute atomic E-state index is 0.160. The summed E-state index contributed by atoms with van der Waals surface area (Å²) in [5, 5.41) is 0. The van der Waals surface area contributed by atoms with E-state index in [1.807, 2.05) is 76.2 Å². The quantitative estimate of drug-likeness (QED) is 0.763. The highest BCUT2D eigenvalue weighted by Crippen LogP contribution is 2.16. The van der Waals surface area contributed by atoms with Crippen molar-refractivity contribution >= 4 is 0 Å². The lowest BCUT2D eigenvalue weighted by Gasteiger charge is -2.09. The van der Waals surface area contributed by atoms with Gasteiger partial charge in [-0.25, -0.2) is 0 Å². The molecule has 0 N–H and O–H groups in total. The Balaban J connectivity index is 2.16. The van der Waals surface area contributed by atoms with Crippen molar-refractivity contribution in [1.29, 1.82) is 0 Å². The van der Waals surface area contributed by atoms with Gasteiger partial charge in [0.1, 0.15) is 11.5 Å². The molecule has 0 aliphatic carbocycles. The second kappa shape index (κ2) is 7.56. The van der Waals surface area contributed by atoms with Crippen LogP contribution in [-0.2, 0) is 0 Å². The van der Waals surface area contributed by atoms with E-state index in [0.29, 0.717) is 0 Å². The lowest BCUT2D eigenvalue weighted by atomic mass is 10.1. The van der Waals surface area contributed by atoms with Crippen molar-refractivity contribution in [3.63, 3.8) is 0 Å². The fraction of sp³-hybridized carbons (Fsp3) is 0.300. The summed E-state index contributed by atoms with van der Waals surface area (Å²) >= 11 is 0. The number of hydrogen-bond acceptors (Lipinski definition) is 2. The van der Waals surface area contributed by atoms with Crippen molar-refractivity contribution in [2.45, 2.75) is 39.9 Å². The van der Waals surface area contributed by atoms with Gasteiger partial charge in [0.05, 0.1) is 12.2 Å². The van der Waals surface area contributed by atoms with Gasteiger partial charge in [-0.1, -0.05) is 24.0 Å². The maximum Gasteiger partial charge on any atom is 0.120 e. The molecule has 0 saturated carbocycles. The standard InChI is InChI=1S/C20H22O2/c1-15(2)21-19-9-5-7-17(13-19)11-12-18-8-6-10-20(14-18)22-16(3)4/h5-10,13-16H,1-4H3. The second-order valence-electron chi connectivity index (χ2n) is 5.64. The van der Waals surface area contributed by atoms with Gasteiger partial charge in [0, 0.05) is 11.1 Å². The van der Waals surface area contributed by atoms with Crippen molar-refractivity contribution in [1.82, 2.24) is 0 Å². The summed E-state index contributed by atoms with van der Waals surface area (Å²) in [6, 6.07) is 15.7. The van der Waals surface area contributed by atoms with Crippen LogP contribution in [0.25, 0.3) is 0 Å². The van der Waals surface area contributed by atoms with E-state index < -0.39 is 0 Å². The molecule has 0 radical (unpaired) electrons. The summed E-state index contributed by atoms with van der Waals surface area (Å²) in [4.78, 5) is 0. The summed E-state index contributed by atoms with van der Waals surface area (Å²) in [5.74, 6) is 8.03. The minimum Gasteiger partial charge on any atom is -0.491 e. The van der Waals surface area contributed by atoms with Gasteiger partial charge in [-0.2, -0.15) is 0 Å². The molecule has 0 aliphatic heterocycles. The van der Waals surface area contributed by atoms with Gasteiger partial charge in [0.15, 0.2) is 0 Å². The van der Waals surface area contributed by atoms with Crippen LogP contribution in [0.5, 0.6) is 11.5 Å². The monoisotopic (exact) mass is 294 g/mol. The molecular formula is C20H22O2. The third kappa shape index (κ3) is 5.18. The number of ether oxygens (including phenoxy) is 2. The van der Waals surface area contributed by atoms with E-state index >= 15 is 0 Å². The molecule has 0 saturated heterocycles. The zero-order valence-corrected chi connectivity index (χ0v) is 13.6. The van der Waals surface area contributed by atoms with Crippen LogP contribution in [0.4, 0.5) is 0 Å². The lowest BCUT2D eigenvalue weighted by molar-refractivity contribution is 0.242. The van der Waals surface area contributed by atoms with Gasteiger partial charge >= 0.3 is 0 Å². The highest BCUT2D eigenvalue weighted by Gasteiger charge is 1.99. The van der Waals surface area contributed by atoms with Gasteiger partial charge in [-0.15, -0.1) is 0 Å². The van der Waals surface area contributed by atoms with E-state index in [1.165, 1.54) is 0 Å². The molecule has 0 atom stereocenters. The number of rotatable bonds is 4. The van der Waals surface area contributed by atoms with Crippen LogP contribution < -0.4 is 9.47 Å². The van der Waals surface area contributed by atoms with Crippen LogP contribution in [0.3, 0.4) is 0 Å². The maximum absolute atomic E-state index is 5.68. The molecule has 2 rings (SSSR count). The van der Waals surface area contributed by atoms with Gasteiger partial charge < -0.3 is 9.47 Å². The smallest absolute Gasteiger partial charge is 0.120 e. The minimum atomic E-state index is 0.160. The molecule has 0 amide bonds. The SMILES string of the molecule is CC(C)Oc1cccc(C#Cc2cccc(OC(C)C)c2)c1. The van der Waals surface area contributed by atoms with E-state index in [9.17, 15) is 0 Å². The second-order valence-corrected chi connectivity index (χ2v) is 5.64. The van der Waals surface area contributed by atoms with Crippen molar-refractivity contribution in [3.8, 4) is 23.3 Å². The van der Waals surface area contributed by atoms with Crippen molar-refractivity contribution in [2.75, 3.05) is 0 Å². The fourth-order valence-corrected chi connectivity index (χ4v) is 1.98. The molecule has 0 bridgehead atoms. The largest absolute Gasteiger partial charge is 0.491 e. The molecular weight excluding hydrogens is 272 g/mol. The number of hydrogen-bond donors (Lipinski definition) is 0. The normalized spacial score (nSPS) is 10.3. The van der Waals surface area contributed by atoms with Gasteiger partial charge in [0.25, 0.3) is 0 Å². The van der Waals surface area contributed by atoms with E-state index in [0.717, 1.165) is 22.6 Å². The first-order valence-corrected chi connectivity index (χ1v) is 7.58. The maximum atomic E-state index is 5.68. The topological polar surface area (TPSA) is 18.5 Å². The Morgan fingerprint density at radius 3 is 1.45 bits per heavy atom. The summed E-state index contributed by atoms with van der Waals surface area (Å²) in [6.45, 7) is 8.05. The summed E-state index contributed by atoms with van der Waals surface area (Å²) in [5.41, 5.74) is 1.88. The first-order valence-electron chi connectivity index (χ1n) is 7.58. The Labute approximate surface area is 133 Å². The first-order chi connectivity index (χ1) is 10.5. The summed E-state index contributed by atoms with van der Waals surface area (Å²) in [6.07, 6.45) is 0.321. The first kappa shape index (κ1) is 16.0. The molecule has 0 aromatic heterocycles. The Kier molecular flexibility index (Phi) is 5.49. The molecule has 2 aromatic carbocycles. The zero-order valence-electron chi connectivity index (χ0n) is 13.6. The average molecular weight is 294 g/mol. The van der Waals surface area contributed by atoms with Crippen LogP contribution in [0, 0.1) is 11.8 Å². The van der Waals surface area contributed by atoms with Crippen molar-refractivity contribution in [3.05, 3.63) is 59.7 Å². The lowest BCUT2D eigenvalue weighted by Crippen LogP contribution is -2.05.